The third-order valence-electron chi connectivity index (χ3n) is 2.89. The van der Waals surface area contributed by atoms with E-state index in [1.165, 1.54) is 26.2 Å². The Morgan fingerprint density at radius 1 is 1.50 bits per heavy atom. The van der Waals surface area contributed by atoms with E-state index in [-0.39, 0.29) is 34.6 Å². The molecule has 9 nitrogen and oxygen atoms in total. The van der Waals surface area contributed by atoms with Gasteiger partial charge in [-0.3, -0.25) is 9.59 Å². The molecule has 0 bridgehead atoms. The van der Waals surface area contributed by atoms with Crippen molar-refractivity contribution in [1.29, 1.82) is 0 Å². The Balaban J connectivity index is 2.46. The minimum absolute atomic E-state index is 0.0466. The summed E-state index contributed by atoms with van der Waals surface area (Å²) >= 11 is 0. The van der Waals surface area contributed by atoms with E-state index in [9.17, 15) is 18.0 Å². The third kappa shape index (κ3) is 3.12. The van der Waals surface area contributed by atoms with Crippen molar-refractivity contribution in [3.8, 4) is 11.5 Å². The van der Waals surface area contributed by atoms with Crippen molar-refractivity contribution in [2.45, 2.75) is 17.9 Å². The Morgan fingerprint density at radius 2 is 2.18 bits per heavy atom. The van der Waals surface area contributed by atoms with Gasteiger partial charge in [0.05, 0.1) is 12.8 Å². The van der Waals surface area contributed by atoms with E-state index >= 15 is 0 Å². The highest BCUT2D eigenvalue weighted by molar-refractivity contribution is 7.89. The molecule has 1 aromatic carbocycles. The lowest BCUT2D eigenvalue weighted by Crippen LogP contribution is -2.38. The SMILES string of the molecule is COc1cc2c(cc1S(=O)(=O)N[C@@H](C)C(=O)O)OCC(=O)N2. The maximum atomic E-state index is 12.3. The van der Waals surface area contributed by atoms with Crippen molar-refractivity contribution in [1.82, 2.24) is 4.72 Å². The maximum absolute atomic E-state index is 12.3. The molecule has 1 aromatic rings. The molecule has 1 amide bonds. The molecule has 1 aliphatic rings. The predicted octanol–water partition coefficient (Wildman–Crippen LogP) is -0.223. The molecule has 0 aromatic heterocycles. The standard InChI is InChI=1S/C12H14N2O7S/c1-6(12(16)17)14-22(18,19)10-4-8-7(3-9(10)20-2)13-11(15)5-21-8/h3-4,6,14H,5H2,1-2H3,(H,13,15)(H,16,17)/t6-/m0/s1. The zero-order chi connectivity index (χ0) is 16.5. The van der Waals surface area contributed by atoms with Crippen molar-refractivity contribution in [3.05, 3.63) is 12.1 Å². The molecule has 0 unspecified atom stereocenters. The number of ether oxygens (including phenoxy) is 2. The van der Waals surface area contributed by atoms with E-state index in [1.54, 1.807) is 0 Å². The van der Waals surface area contributed by atoms with Crippen LogP contribution >= 0.6 is 0 Å². The number of hydrogen-bond acceptors (Lipinski definition) is 6. The average molecular weight is 330 g/mol. The van der Waals surface area contributed by atoms with E-state index in [0.717, 1.165) is 0 Å². The molecule has 0 radical (unpaired) electrons. The highest BCUT2D eigenvalue weighted by Gasteiger charge is 2.28. The van der Waals surface area contributed by atoms with Crippen molar-refractivity contribution in [3.63, 3.8) is 0 Å². The number of carbonyl (C=O) groups is 2. The number of amides is 1. The second-order valence-electron chi connectivity index (χ2n) is 4.52. The van der Waals surface area contributed by atoms with Crippen LogP contribution in [0.2, 0.25) is 0 Å². The number of carbonyl (C=O) groups excluding carboxylic acids is 1. The molecule has 120 valence electrons. The summed E-state index contributed by atoms with van der Waals surface area (Å²) in [5.74, 6) is -1.58. The molecular formula is C12H14N2O7S. The molecule has 10 heteroatoms. The van der Waals surface area contributed by atoms with Crippen LogP contribution in [0, 0.1) is 0 Å². The number of benzene rings is 1. The average Bonchev–Trinajstić information content (AvgIpc) is 2.45. The van der Waals surface area contributed by atoms with Gasteiger partial charge in [-0.25, -0.2) is 8.42 Å². The van der Waals surface area contributed by atoms with Gasteiger partial charge in [-0.15, -0.1) is 0 Å². The molecule has 0 fully saturated rings. The fourth-order valence-electron chi connectivity index (χ4n) is 1.80. The molecule has 0 aliphatic carbocycles. The first-order valence-electron chi connectivity index (χ1n) is 6.14. The number of nitrogens with one attached hydrogen (secondary N) is 2. The van der Waals surface area contributed by atoms with Crippen LogP contribution in [0.3, 0.4) is 0 Å². The van der Waals surface area contributed by atoms with Crippen molar-refractivity contribution < 1.29 is 32.6 Å². The lowest BCUT2D eigenvalue weighted by molar-refractivity contribution is -0.138. The molecule has 0 saturated carbocycles. The molecule has 1 heterocycles. The molecule has 1 atom stereocenters. The number of fused-ring (bicyclic) bond motifs is 1. The topological polar surface area (TPSA) is 131 Å². The minimum atomic E-state index is -4.14. The van der Waals surface area contributed by atoms with Crippen molar-refractivity contribution >= 4 is 27.6 Å². The van der Waals surface area contributed by atoms with E-state index < -0.39 is 22.0 Å². The number of rotatable bonds is 5. The van der Waals surface area contributed by atoms with E-state index in [0.29, 0.717) is 0 Å². The number of anilines is 1. The lowest BCUT2D eigenvalue weighted by Gasteiger charge is -2.21. The van der Waals surface area contributed by atoms with Crippen LogP contribution in [0.25, 0.3) is 0 Å². The molecule has 0 spiro atoms. The van der Waals surface area contributed by atoms with E-state index in [2.05, 4.69) is 5.32 Å². The third-order valence-corrected chi connectivity index (χ3v) is 4.45. The molecule has 22 heavy (non-hydrogen) atoms. The van der Waals surface area contributed by atoms with Crippen LogP contribution in [0.4, 0.5) is 5.69 Å². The first-order chi connectivity index (χ1) is 10.2. The van der Waals surface area contributed by atoms with Gasteiger partial charge in [0.2, 0.25) is 10.0 Å². The van der Waals surface area contributed by atoms with Gasteiger partial charge >= 0.3 is 5.97 Å². The Hall–Kier alpha value is -2.33. The molecule has 1 aliphatic heterocycles. The highest BCUT2D eigenvalue weighted by atomic mass is 32.2. The van der Waals surface area contributed by atoms with Crippen LogP contribution in [-0.2, 0) is 19.6 Å². The Labute approximate surface area is 126 Å². The van der Waals surface area contributed by atoms with Crippen molar-refractivity contribution in [2.75, 3.05) is 19.0 Å². The van der Waals surface area contributed by atoms with Crippen molar-refractivity contribution in [2.24, 2.45) is 0 Å². The predicted molar refractivity (Wildman–Crippen MR) is 74.5 cm³/mol. The number of carboxylic acids is 1. The van der Waals surface area contributed by atoms with Crippen LogP contribution in [0.5, 0.6) is 11.5 Å². The highest BCUT2D eigenvalue weighted by Crippen LogP contribution is 2.37. The quantitative estimate of drug-likeness (QED) is 0.680. The largest absolute Gasteiger partial charge is 0.495 e. The molecule has 0 saturated heterocycles. The maximum Gasteiger partial charge on any atom is 0.321 e. The second-order valence-corrected chi connectivity index (χ2v) is 6.20. The summed E-state index contributed by atoms with van der Waals surface area (Å²) in [6.07, 6.45) is 0. The normalized spacial score (nSPS) is 15.3. The van der Waals surface area contributed by atoms with Crippen LogP contribution in [0.15, 0.2) is 17.0 Å². The molecular weight excluding hydrogens is 316 g/mol. The summed E-state index contributed by atoms with van der Waals surface area (Å²) in [4.78, 5) is 21.8. The van der Waals surface area contributed by atoms with Gasteiger partial charge in [0.1, 0.15) is 22.4 Å². The number of methoxy groups -OCH3 is 1. The number of hydrogen-bond donors (Lipinski definition) is 3. The van der Waals surface area contributed by atoms with Crippen LogP contribution in [-0.4, -0.2) is 45.2 Å². The summed E-state index contributed by atoms with van der Waals surface area (Å²) in [5, 5.41) is 11.3. The fraction of sp³-hybridized carbons (Fsp3) is 0.333. The second kappa shape index (κ2) is 5.81. The Bertz CT molecular complexity index is 729. The van der Waals surface area contributed by atoms with Gasteiger partial charge in [-0.2, -0.15) is 4.72 Å². The smallest absolute Gasteiger partial charge is 0.321 e. The van der Waals surface area contributed by atoms with Gasteiger partial charge in [-0.05, 0) is 6.92 Å². The fourth-order valence-corrected chi connectivity index (χ4v) is 3.17. The van der Waals surface area contributed by atoms with Gasteiger partial charge in [0, 0.05) is 12.1 Å². The van der Waals surface area contributed by atoms with Gasteiger partial charge in [-0.1, -0.05) is 0 Å². The van der Waals surface area contributed by atoms with Crippen LogP contribution < -0.4 is 19.5 Å². The van der Waals surface area contributed by atoms with Gasteiger partial charge in [0.25, 0.3) is 5.91 Å². The minimum Gasteiger partial charge on any atom is -0.495 e. The Morgan fingerprint density at radius 3 is 2.77 bits per heavy atom. The molecule has 2 rings (SSSR count). The zero-order valence-electron chi connectivity index (χ0n) is 11.7. The van der Waals surface area contributed by atoms with E-state index in [4.69, 9.17) is 14.6 Å². The summed E-state index contributed by atoms with van der Waals surface area (Å²) in [6.45, 7) is 0.958. The van der Waals surface area contributed by atoms with Crippen LogP contribution in [0.1, 0.15) is 6.92 Å². The Kier molecular flexibility index (Phi) is 4.24. The lowest BCUT2D eigenvalue weighted by atomic mass is 10.2. The number of aliphatic carboxylic acids is 1. The molecule has 3 N–H and O–H groups in total. The summed E-state index contributed by atoms with van der Waals surface area (Å²) in [7, 11) is -2.89. The summed E-state index contributed by atoms with van der Waals surface area (Å²) < 4.78 is 36.7. The first-order valence-corrected chi connectivity index (χ1v) is 7.62. The van der Waals surface area contributed by atoms with Gasteiger partial charge < -0.3 is 19.9 Å². The van der Waals surface area contributed by atoms with Gasteiger partial charge in [0.15, 0.2) is 6.61 Å². The first kappa shape index (κ1) is 16.0. The number of carboxylic acid groups (broad SMARTS) is 1. The van der Waals surface area contributed by atoms with E-state index in [1.807, 2.05) is 4.72 Å². The summed E-state index contributed by atoms with van der Waals surface area (Å²) in [5.41, 5.74) is 0.276. The zero-order valence-corrected chi connectivity index (χ0v) is 12.6. The summed E-state index contributed by atoms with van der Waals surface area (Å²) in [6, 6.07) is 1.16. The monoisotopic (exact) mass is 330 g/mol. The number of sulfonamides is 1.